The Morgan fingerprint density at radius 1 is 1.09 bits per heavy atom. The van der Waals surface area contributed by atoms with E-state index >= 15 is 0 Å². The molecular formula is C16H14ClNO3S. The van der Waals surface area contributed by atoms with Gasteiger partial charge in [-0.25, -0.2) is 12.7 Å². The van der Waals surface area contributed by atoms with Gasteiger partial charge in [-0.15, -0.1) is 6.58 Å². The lowest BCUT2D eigenvalue weighted by molar-refractivity contribution is 0.0871. The van der Waals surface area contributed by atoms with Crippen LogP contribution in [0, 0.1) is 0 Å². The molecule has 0 bridgehead atoms. The predicted octanol–water partition coefficient (Wildman–Crippen LogP) is 3.36. The van der Waals surface area contributed by atoms with E-state index in [1.165, 1.54) is 42.5 Å². The number of carbonyl (C=O) groups is 1. The second-order valence-corrected chi connectivity index (χ2v) is 6.75. The zero-order chi connectivity index (χ0) is 16.2. The van der Waals surface area contributed by atoms with Crippen LogP contribution in [0.15, 0.2) is 72.1 Å². The van der Waals surface area contributed by atoms with Crippen LogP contribution in [-0.4, -0.2) is 25.2 Å². The summed E-state index contributed by atoms with van der Waals surface area (Å²) in [5.41, 5.74) is 0.241. The highest BCUT2D eigenvalue weighted by atomic mass is 35.5. The normalized spacial score (nSPS) is 11.0. The highest BCUT2D eigenvalue weighted by Crippen LogP contribution is 2.19. The summed E-state index contributed by atoms with van der Waals surface area (Å²) in [6.45, 7) is 3.41. The van der Waals surface area contributed by atoms with Crippen molar-refractivity contribution in [2.45, 2.75) is 4.90 Å². The van der Waals surface area contributed by atoms with E-state index in [-0.39, 0.29) is 17.0 Å². The van der Waals surface area contributed by atoms with Gasteiger partial charge in [-0.3, -0.25) is 4.79 Å². The Morgan fingerprint density at radius 3 is 2.23 bits per heavy atom. The van der Waals surface area contributed by atoms with Crippen LogP contribution >= 0.6 is 11.6 Å². The molecule has 4 nitrogen and oxygen atoms in total. The second-order valence-electron chi connectivity index (χ2n) is 4.45. The third-order valence-electron chi connectivity index (χ3n) is 2.94. The number of hydrogen-bond donors (Lipinski definition) is 0. The summed E-state index contributed by atoms with van der Waals surface area (Å²) >= 11 is 5.78. The molecule has 0 N–H and O–H groups in total. The minimum Gasteiger partial charge on any atom is -0.268 e. The quantitative estimate of drug-likeness (QED) is 0.787. The van der Waals surface area contributed by atoms with Crippen LogP contribution in [0.2, 0.25) is 5.02 Å². The largest absolute Gasteiger partial charge is 0.268 e. The molecule has 0 saturated heterocycles. The van der Waals surface area contributed by atoms with Gasteiger partial charge in [0.1, 0.15) is 0 Å². The summed E-state index contributed by atoms with van der Waals surface area (Å²) < 4.78 is 26.1. The van der Waals surface area contributed by atoms with Gasteiger partial charge in [-0.2, -0.15) is 0 Å². The molecule has 0 heterocycles. The molecule has 0 saturated carbocycles. The fourth-order valence-electron chi connectivity index (χ4n) is 1.86. The SMILES string of the molecule is C=CCN(C(=O)c1ccc(Cl)cc1)S(=O)(=O)c1ccccc1. The molecule has 0 aromatic heterocycles. The van der Waals surface area contributed by atoms with E-state index in [9.17, 15) is 13.2 Å². The van der Waals surface area contributed by atoms with Crippen LogP contribution in [0.1, 0.15) is 10.4 Å². The number of benzene rings is 2. The monoisotopic (exact) mass is 335 g/mol. The topological polar surface area (TPSA) is 54.5 Å². The molecule has 0 atom stereocenters. The first-order valence-corrected chi connectivity index (χ1v) is 8.27. The van der Waals surface area contributed by atoms with E-state index < -0.39 is 15.9 Å². The van der Waals surface area contributed by atoms with Crippen LogP contribution in [-0.2, 0) is 10.0 Å². The van der Waals surface area contributed by atoms with Crippen LogP contribution < -0.4 is 0 Å². The number of halogens is 1. The van der Waals surface area contributed by atoms with Crippen molar-refractivity contribution >= 4 is 27.5 Å². The molecule has 114 valence electrons. The lowest BCUT2D eigenvalue weighted by Gasteiger charge is -2.21. The van der Waals surface area contributed by atoms with Crippen molar-refractivity contribution in [1.82, 2.24) is 4.31 Å². The predicted molar refractivity (Wildman–Crippen MR) is 86.3 cm³/mol. The van der Waals surface area contributed by atoms with Gasteiger partial charge in [0.15, 0.2) is 0 Å². The standard InChI is InChI=1S/C16H14ClNO3S/c1-2-12-18(16(19)13-8-10-14(17)11-9-13)22(20,21)15-6-4-3-5-7-15/h2-11H,1,12H2. The van der Waals surface area contributed by atoms with Crippen molar-refractivity contribution in [2.24, 2.45) is 0 Å². The van der Waals surface area contributed by atoms with Crippen molar-refractivity contribution in [2.75, 3.05) is 6.54 Å². The fourth-order valence-corrected chi connectivity index (χ4v) is 3.37. The first-order chi connectivity index (χ1) is 10.5. The summed E-state index contributed by atoms with van der Waals surface area (Å²) in [7, 11) is -3.94. The molecule has 6 heteroatoms. The maximum atomic E-state index is 12.6. The summed E-state index contributed by atoms with van der Waals surface area (Å²) in [6, 6.07) is 13.9. The zero-order valence-electron chi connectivity index (χ0n) is 11.6. The Bertz CT molecular complexity index is 771. The fraction of sp³-hybridized carbons (Fsp3) is 0.0625. The Labute approximate surface area is 134 Å². The number of hydrogen-bond acceptors (Lipinski definition) is 3. The van der Waals surface area contributed by atoms with E-state index in [0.29, 0.717) is 5.02 Å². The minimum atomic E-state index is -3.94. The van der Waals surface area contributed by atoms with Crippen molar-refractivity contribution in [3.05, 3.63) is 77.8 Å². The third-order valence-corrected chi connectivity index (χ3v) is 4.96. The Kier molecular flexibility index (Phi) is 5.00. The molecule has 2 rings (SSSR count). The summed E-state index contributed by atoms with van der Waals surface area (Å²) in [5, 5.41) is 0.470. The number of nitrogens with zero attached hydrogens (tertiary/aromatic N) is 1. The maximum absolute atomic E-state index is 12.6. The number of sulfonamides is 1. The molecule has 2 aromatic carbocycles. The minimum absolute atomic E-state index is 0.0548. The first-order valence-electron chi connectivity index (χ1n) is 6.45. The van der Waals surface area contributed by atoms with Gasteiger partial charge in [0, 0.05) is 10.6 Å². The lowest BCUT2D eigenvalue weighted by atomic mass is 10.2. The second kappa shape index (κ2) is 6.77. The molecule has 1 amide bonds. The van der Waals surface area contributed by atoms with E-state index in [4.69, 9.17) is 11.6 Å². The van der Waals surface area contributed by atoms with Gasteiger partial charge in [0.2, 0.25) is 0 Å². The molecule has 2 aromatic rings. The highest BCUT2D eigenvalue weighted by molar-refractivity contribution is 7.89. The van der Waals surface area contributed by atoms with Gasteiger partial charge >= 0.3 is 0 Å². The number of carbonyl (C=O) groups excluding carboxylic acids is 1. The molecule has 0 aliphatic heterocycles. The highest BCUT2D eigenvalue weighted by Gasteiger charge is 2.28. The lowest BCUT2D eigenvalue weighted by Crippen LogP contribution is -2.37. The number of rotatable bonds is 5. The van der Waals surface area contributed by atoms with Gasteiger partial charge in [0.05, 0.1) is 11.4 Å². The van der Waals surface area contributed by atoms with Gasteiger partial charge < -0.3 is 0 Å². The van der Waals surface area contributed by atoms with E-state index in [2.05, 4.69) is 6.58 Å². The molecule has 0 aliphatic carbocycles. The molecular weight excluding hydrogens is 322 g/mol. The third kappa shape index (κ3) is 3.37. The summed E-state index contributed by atoms with van der Waals surface area (Å²) in [4.78, 5) is 12.6. The van der Waals surface area contributed by atoms with Crippen LogP contribution in [0.4, 0.5) is 0 Å². The smallest absolute Gasteiger partial charge is 0.267 e. The van der Waals surface area contributed by atoms with E-state index in [1.54, 1.807) is 18.2 Å². The molecule has 0 fully saturated rings. The molecule has 0 spiro atoms. The van der Waals surface area contributed by atoms with Crippen molar-refractivity contribution in [3.63, 3.8) is 0 Å². The van der Waals surface area contributed by atoms with Crippen molar-refractivity contribution < 1.29 is 13.2 Å². The van der Waals surface area contributed by atoms with Crippen LogP contribution in [0.5, 0.6) is 0 Å². The Hall–Kier alpha value is -2.11. The molecule has 0 unspecified atom stereocenters. The average molecular weight is 336 g/mol. The first kappa shape index (κ1) is 16.3. The number of amides is 1. The summed E-state index contributed by atoms with van der Waals surface area (Å²) in [5.74, 6) is -0.625. The van der Waals surface area contributed by atoms with Crippen molar-refractivity contribution in [1.29, 1.82) is 0 Å². The molecule has 22 heavy (non-hydrogen) atoms. The van der Waals surface area contributed by atoms with Gasteiger partial charge in [0.25, 0.3) is 15.9 Å². The Balaban J connectivity index is 2.44. The van der Waals surface area contributed by atoms with E-state index in [0.717, 1.165) is 4.31 Å². The maximum Gasteiger partial charge on any atom is 0.267 e. The van der Waals surface area contributed by atoms with Gasteiger partial charge in [-0.05, 0) is 36.4 Å². The van der Waals surface area contributed by atoms with Gasteiger partial charge in [-0.1, -0.05) is 35.9 Å². The summed E-state index contributed by atoms with van der Waals surface area (Å²) in [6.07, 6.45) is 1.37. The average Bonchev–Trinajstić information content (AvgIpc) is 2.53. The molecule has 0 radical (unpaired) electrons. The van der Waals surface area contributed by atoms with E-state index in [1.807, 2.05) is 0 Å². The Morgan fingerprint density at radius 2 is 1.68 bits per heavy atom. The molecule has 0 aliphatic rings. The van der Waals surface area contributed by atoms with Crippen LogP contribution in [0.3, 0.4) is 0 Å². The zero-order valence-corrected chi connectivity index (χ0v) is 13.2. The van der Waals surface area contributed by atoms with Crippen molar-refractivity contribution in [3.8, 4) is 0 Å². The van der Waals surface area contributed by atoms with Crippen LogP contribution in [0.25, 0.3) is 0 Å².